The molecule has 0 unspecified atom stereocenters. The van der Waals surface area contributed by atoms with Gasteiger partial charge in [-0.2, -0.15) is 0 Å². The first-order valence-corrected chi connectivity index (χ1v) is 5.37. The van der Waals surface area contributed by atoms with Gasteiger partial charge in [0.05, 0.1) is 12.1 Å². The van der Waals surface area contributed by atoms with E-state index in [9.17, 15) is 13.6 Å². The fourth-order valence-corrected chi connectivity index (χ4v) is 1.94. The van der Waals surface area contributed by atoms with E-state index in [0.717, 1.165) is 44.1 Å². The molecule has 0 radical (unpaired) electrons. The second kappa shape index (κ2) is 4.70. The van der Waals surface area contributed by atoms with Gasteiger partial charge in [-0.25, -0.2) is 8.78 Å². The second-order valence-corrected chi connectivity index (χ2v) is 4.03. The van der Waals surface area contributed by atoms with Crippen molar-refractivity contribution in [2.24, 2.45) is 0 Å². The number of benzene rings is 1. The van der Waals surface area contributed by atoms with Crippen LogP contribution in [0.3, 0.4) is 0 Å². The van der Waals surface area contributed by atoms with E-state index in [0.29, 0.717) is 0 Å². The predicted molar refractivity (Wildman–Crippen MR) is 56.4 cm³/mol. The zero-order valence-corrected chi connectivity index (χ0v) is 8.88. The van der Waals surface area contributed by atoms with Gasteiger partial charge in [-0.05, 0) is 44.1 Å². The Morgan fingerprint density at radius 3 is 2.62 bits per heavy atom. The van der Waals surface area contributed by atoms with Crippen LogP contribution in [0.4, 0.5) is 8.78 Å². The van der Waals surface area contributed by atoms with Crippen LogP contribution in [-0.2, 0) is 0 Å². The molecule has 1 fully saturated rings. The summed E-state index contributed by atoms with van der Waals surface area (Å²) >= 11 is 0. The van der Waals surface area contributed by atoms with Crippen LogP contribution in [0.2, 0.25) is 0 Å². The number of Topliss-reactive ketones (excluding diaryl/α,β-unsaturated/α-hetero) is 1. The van der Waals surface area contributed by atoms with Crippen molar-refractivity contribution in [3.8, 4) is 0 Å². The molecule has 2 rings (SSSR count). The van der Waals surface area contributed by atoms with Crippen molar-refractivity contribution < 1.29 is 13.6 Å². The normalized spacial score (nSPS) is 16.6. The monoisotopic (exact) mass is 225 g/mol. The number of carbonyl (C=O) groups excluding carboxylic acids is 1. The van der Waals surface area contributed by atoms with Gasteiger partial charge in [-0.3, -0.25) is 9.69 Å². The highest BCUT2D eigenvalue weighted by Gasteiger charge is 2.18. The Balaban J connectivity index is 2.10. The van der Waals surface area contributed by atoms with Gasteiger partial charge in [-0.15, -0.1) is 0 Å². The van der Waals surface area contributed by atoms with Crippen molar-refractivity contribution in [2.45, 2.75) is 12.8 Å². The van der Waals surface area contributed by atoms with E-state index < -0.39 is 11.6 Å². The Labute approximate surface area is 92.9 Å². The fourth-order valence-electron chi connectivity index (χ4n) is 1.94. The number of hydrogen-bond acceptors (Lipinski definition) is 2. The summed E-state index contributed by atoms with van der Waals surface area (Å²) in [4.78, 5) is 13.7. The van der Waals surface area contributed by atoms with E-state index in [1.807, 2.05) is 4.90 Å². The molecule has 0 saturated carbocycles. The zero-order chi connectivity index (χ0) is 11.5. The Morgan fingerprint density at radius 2 is 1.94 bits per heavy atom. The van der Waals surface area contributed by atoms with Gasteiger partial charge in [0.2, 0.25) is 0 Å². The summed E-state index contributed by atoms with van der Waals surface area (Å²) in [6, 6.07) is 2.97. The molecule has 1 heterocycles. The van der Waals surface area contributed by atoms with Gasteiger partial charge in [0.1, 0.15) is 11.6 Å². The highest BCUT2D eigenvalue weighted by molar-refractivity contribution is 5.97. The molecule has 0 atom stereocenters. The Bertz CT molecular complexity index is 400. The minimum Gasteiger partial charge on any atom is -0.296 e. The first-order chi connectivity index (χ1) is 7.66. The SMILES string of the molecule is O=C(CN1CCCC1)c1cc(F)ccc1F. The average molecular weight is 225 g/mol. The van der Waals surface area contributed by atoms with Gasteiger partial charge in [0.25, 0.3) is 0 Å². The molecule has 4 heteroatoms. The minimum absolute atomic E-state index is 0.146. The highest BCUT2D eigenvalue weighted by Crippen LogP contribution is 2.13. The Kier molecular flexibility index (Phi) is 3.29. The average Bonchev–Trinajstić information content (AvgIpc) is 2.74. The molecule has 0 N–H and O–H groups in total. The summed E-state index contributed by atoms with van der Waals surface area (Å²) < 4.78 is 26.2. The number of hydrogen-bond donors (Lipinski definition) is 0. The lowest BCUT2D eigenvalue weighted by Crippen LogP contribution is -2.27. The van der Waals surface area contributed by atoms with Crippen LogP contribution >= 0.6 is 0 Å². The van der Waals surface area contributed by atoms with Crippen LogP contribution < -0.4 is 0 Å². The Hall–Kier alpha value is -1.29. The van der Waals surface area contributed by atoms with Crippen molar-refractivity contribution in [3.05, 3.63) is 35.4 Å². The quantitative estimate of drug-likeness (QED) is 0.735. The van der Waals surface area contributed by atoms with Crippen LogP contribution in [0, 0.1) is 11.6 Å². The van der Waals surface area contributed by atoms with Gasteiger partial charge in [0, 0.05) is 0 Å². The molecule has 86 valence electrons. The molecule has 16 heavy (non-hydrogen) atoms. The maximum Gasteiger partial charge on any atom is 0.179 e. The van der Waals surface area contributed by atoms with Crippen molar-refractivity contribution in [3.63, 3.8) is 0 Å². The van der Waals surface area contributed by atoms with Crippen LogP contribution in [0.1, 0.15) is 23.2 Å². The molecule has 0 bridgehead atoms. The van der Waals surface area contributed by atoms with Crippen LogP contribution in [0.15, 0.2) is 18.2 Å². The number of halogens is 2. The summed E-state index contributed by atoms with van der Waals surface area (Å²) in [6.45, 7) is 1.91. The van der Waals surface area contributed by atoms with E-state index in [2.05, 4.69) is 0 Å². The van der Waals surface area contributed by atoms with Crippen molar-refractivity contribution in [1.82, 2.24) is 4.90 Å². The minimum atomic E-state index is -0.648. The van der Waals surface area contributed by atoms with Gasteiger partial charge in [-0.1, -0.05) is 0 Å². The largest absolute Gasteiger partial charge is 0.296 e. The molecule has 1 aromatic rings. The molecular formula is C12H13F2NO. The molecule has 2 nitrogen and oxygen atoms in total. The molecule has 1 aliphatic heterocycles. The number of rotatable bonds is 3. The maximum absolute atomic E-state index is 13.3. The summed E-state index contributed by atoms with van der Waals surface area (Å²) in [7, 11) is 0. The van der Waals surface area contributed by atoms with Gasteiger partial charge in [0.15, 0.2) is 5.78 Å². The summed E-state index contributed by atoms with van der Waals surface area (Å²) in [5, 5.41) is 0. The molecule has 0 spiro atoms. The maximum atomic E-state index is 13.3. The fraction of sp³-hybridized carbons (Fsp3) is 0.417. The number of likely N-dealkylation sites (tertiary alicyclic amines) is 1. The number of ketones is 1. The summed E-state index contributed by atoms with van der Waals surface area (Å²) in [5.41, 5.74) is -0.146. The topological polar surface area (TPSA) is 20.3 Å². The molecular weight excluding hydrogens is 212 g/mol. The van der Waals surface area contributed by atoms with Crippen molar-refractivity contribution >= 4 is 5.78 Å². The van der Waals surface area contributed by atoms with E-state index in [-0.39, 0.29) is 17.9 Å². The lowest BCUT2D eigenvalue weighted by atomic mass is 10.1. The molecule has 1 aromatic carbocycles. The molecule has 0 amide bonds. The highest BCUT2D eigenvalue weighted by atomic mass is 19.1. The predicted octanol–water partition coefficient (Wildman–Crippen LogP) is 2.24. The van der Waals surface area contributed by atoms with E-state index in [1.165, 1.54) is 0 Å². The van der Waals surface area contributed by atoms with Gasteiger partial charge >= 0.3 is 0 Å². The molecule has 0 aliphatic carbocycles. The first-order valence-electron chi connectivity index (χ1n) is 5.37. The number of nitrogens with zero attached hydrogens (tertiary/aromatic N) is 1. The first kappa shape index (κ1) is 11.2. The molecule has 0 aromatic heterocycles. The van der Waals surface area contributed by atoms with Crippen molar-refractivity contribution in [1.29, 1.82) is 0 Å². The molecule has 1 aliphatic rings. The van der Waals surface area contributed by atoms with Gasteiger partial charge < -0.3 is 0 Å². The third-order valence-electron chi connectivity index (χ3n) is 2.79. The third kappa shape index (κ3) is 2.44. The zero-order valence-electron chi connectivity index (χ0n) is 8.88. The standard InChI is InChI=1S/C12H13F2NO/c13-9-3-4-11(14)10(7-9)12(16)8-15-5-1-2-6-15/h3-4,7H,1-2,5-6,8H2. The summed E-state index contributed by atoms with van der Waals surface area (Å²) in [6.07, 6.45) is 2.14. The number of carbonyl (C=O) groups is 1. The van der Waals surface area contributed by atoms with E-state index in [4.69, 9.17) is 0 Å². The second-order valence-electron chi connectivity index (χ2n) is 4.03. The lowest BCUT2D eigenvalue weighted by Gasteiger charge is -2.13. The lowest BCUT2D eigenvalue weighted by molar-refractivity contribution is 0.0941. The Morgan fingerprint density at radius 1 is 1.25 bits per heavy atom. The van der Waals surface area contributed by atoms with E-state index >= 15 is 0 Å². The third-order valence-corrected chi connectivity index (χ3v) is 2.79. The van der Waals surface area contributed by atoms with Crippen LogP contribution in [-0.4, -0.2) is 30.3 Å². The molecule has 1 saturated heterocycles. The van der Waals surface area contributed by atoms with Crippen LogP contribution in [0.25, 0.3) is 0 Å². The van der Waals surface area contributed by atoms with Crippen molar-refractivity contribution in [2.75, 3.05) is 19.6 Å². The summed E-state index contributed by atoms with van der Waals surface area (Å²) in [5.74, 6) is -1.57. The van der Waals surface area contributed by atoms with Crippen LogP contribution in [0.5, 0.6) is 0 Å². The van der Waals surface area contributed by atoms with E-state index in [1.54, 1.807) is 0 Å². The smallest absolute Gasteiger partial charge is 0.179 e.